The summed E-state index contributed by atoms with van der Waals surface area (Å²) in [5.74, 6) is -1.03. The highest BCUT2D eigenvalue weighted by molar-refractivity contribution is 6.76. The van der Waals surface area contributed by atoms with Crippen molar-refractivity contribution in [3.05, 3.63) is 0 Å². The van der Waals surface area contributed by atoms with Crippen LogP contribution in [0, 0.1) is 11.3 Å². The second kappa shape index (κ2) is 3.81. The molecule has 0 aromatic rings. The van der Waals surface area contributed by atoms with E-state index < -0.39 is 21.8 Å². The van der Waals surface area contributed by atoms with E-state index in [0.29, 0.717) is 0 Å². The van der Waals surface area contributed by atoms with E-state index in [1.54, 1.807) is 0 Å². The fourth-order valence-electron chi connectivity index (χ4n) is 0.714. The summed E-state index contributed by atoms with van der Waals surface area (Å²) >= 11 is 15.6. The lowest BCUT2D eigenvalue weighted by molar-refractivity contribution is -0.119. The fourth-order valence-corrected chi connectivity index (χ4v) is 0.856. The smallest absolute Gasteiger partial charge is 0.303 e. The molecule has 76 valence electrons. The molecule has 1 aliphatic heterocycles. The number of urea groups is 1. The molecule has 0 bridgehead atoms. The predicted octanol–water partition coefficient (Wildman–Crippen LogP) is 0.801. The van der Waals surface area contributed by atoms with Gasteiger partial charge >= 0.3 is 6.03 Å². The Labute approximate surface area is 94.5 Å². The molecule has 0 radical (unpaired) electrons. The van der Waals surface area contributed by atoms with Crippen molar-refractivity contribution in [1.29, 1.82) is 5.26 Å². The van der Waals surface area contributed by atoms with Crippen molar-refractivity contribution in [3.63, 3.8) is 0 Å². The Morgan fingerprint density at radius 1 is 1.50 bits per heavy atom. The highest BCUT2D eigenvalue weighted by Crippen LogP contribution is 2.26. The van der Waals surface area contributed by atoms with E-state index in [-0.39, 0.29) is 6.54 Å². The molecule has 8 heteroatoms. The summed E-state index contributed by atoms with van der Waals surface area (Å²) in [5.41, 5.74) is 0. The zero-order chi connectivity index (χ0) is 10.9. The molecule has 1 saturated heterocycles. The Hall–Kier alpha value is -0.700. The third-order valence-electron chi connectivity index (χ3n) is 1.50. The van der Waals surface area contributed by atoms with Crippen molar-refractivity contribution in [2.75, 3.05) is 6.54 Å². The summed E-state index contributed by atoms with van der Waals surface area (Å²) in [6.07, 6.45) is 0. The van der Waals surface area contributed by atoms with Crippen molar-refractivity contribution in [2.45, 2.75) is 9.83 Å². The molecule has 0 aromatic heterocycles. The maximum Gasteiger partial charge on any atom is 0.325 e. The molecule has 5 nitrogen and oxygen atoms in total. The first-order valence-electron chi connectivity index (χ1n) is 3.44. The largest absolute Gasteiger partial charge is 0.325 e. The molecule has 1 unspecified atom stereocenters. The van der Waals surface area contributed by atoms with Crippen LogP contribution in [-0.2, 0) is 4.79 Å². The van der Waals surface area contributed by atoms with Gasteiger partial charge in [0.05, 0.1) is 12.6 Å². The first kappa shape index (κ1) is 11.4. The quantitative estimate of drug-likeness (QED) is 0.515. The van der Waals surface area contributed by atoms with Gasteiger partial charge in [-0.3, -0.25) is 10.1 Å². The van der Waals surface area contributed by atoms with Gasteiger partial charge in [-0.25, -0.2) is 4.79 Å². The zero-order valence-electron chi connectivity index (χ0n) is 6.63. The number of imide groups is 1. The number of nitrogens with one attached hydrogen (secondary N) is 1. The average Bonchev–Trinajstić information content (AvgIpc) is 2.80. The summed E-state index contributed by atoms with van der Waals surface area (Å²) in [7, 11) is 0. The van der Waals surface area contributed by atoms with E-state index >= 15 is 0 Å². The van der Waals surface area contributed by atoms with Gasteiger partial charge in [0.15, 0.2) is 0 Å². The van der Waals surface area contributed by atoms with Crippen LogP contribution < -0.4 is 5.32 Å². The standard InChI is InChI=1S/C6H4Cl3N3O2/c7-6(8,9)4(13)11-5(14)12-2-3(12)1-10/h3H,2H2,(H,11,13,14). The van der Waals surface area contributed by atoms with Crippen LogP contribution in [0.25, 0.3) is 0 Å². The van der Waals surface area contributed by atoms with Crippen molar-refractivity contribution < 1.29 is 9.59 Å². The SMILES string of the molecule is N#CC1CN1C(=O)NC(=O)C(Cl)(Cl)Cl. The van der Waals surface area contributed by atoms with E-state index in [9.17, 15) is 9.59 Å². The molecular weight excluding hydrogens is 252 g/mol. The second-order valence-electron chi connectivity index (χ2n) is 2.55. The van der Waals surface area contributed by atoms with Crippen LogP contribution in [0.4, 0.5) is 4.79 Å². The lowest BCUT2D eigenvalue weighted by atomic mass is 10.5. The molecule has 3 amide bonds. The Morgan fingerprint density at radius 3 is 2.43 bits per heavy atom. The number of hydrogen-bond donors (Lipinski definition) is 1. The van der Waals surface area contributed by atoms with Crippen molar-refractivity contribution >= 4 is 46.7 Å². The van der Waals surface area contributed by atoms with Crippen LogP contribution in [-0.4, -0.2) is 33.2 Å². The third-order valence-corrected chi connectivity index (χ3v) is 2.02. The van der Waals surface area contributed by atoms with E-state index in [4.69, 9.17) is 40.1 Å². The van der Waals surface area contributed by atoms with Crippen LogP contribution in [0.3, 0.4) is 0 Å². The summed E-state index contributed by atoms with van der Waals surface area (Å²) < 4.78 is -2.17. The highest BCUT2D eigenvalue weighted by atomic mass is 35.6. The average molecular weight is 256 g/mol. The Bertz CT molecular complexity index is 319. The number of alkyl halides is 3. The van der Waals surface area contributed by atoms with E-state index in [1.807, 2.05) is 11.4 Å². The molecule has 1 atom stereocenters. The topological polar surface area (TPSA) is 73.0 Å². The summed E-state index contributed by atoms with van der Waals surface area (Å²) in [5, 5.41) is 10.2. The van der Waals surface area contributed by atoms with Gasteiger partial charge in [-0.05, 0) is 0 Å². The Balaban J connectivity index is 2.44. The molecule has 0 saturated carbocycles. The van der Waals surface area contributed by atoms with E-state index in [2.05, 4.69) is 0 Å². The number of amides is 3. The van der Waals surface area contributed by atoms with Gasteiger partial charge in [-0.15, -0.1) is 0 Å². The van der Waals surface area contributed by atoms with Gasteiger partial charge in [0.1, 0.15) is 6.04 Å². The summed E-state index contributed by atoms with van der Waals surface area (Å²) in [4.78, 5) is 23.2. The molecular formula is C6H4Cl3N3O2. The molecule has 1 aliphatic rings. The summed E-state index contributed by atoms with van der Waals surface area (Å²) in [6.45, 7) is 0.287. The molecule has 0 aromatic carbocycles. The zero-order valence-corrected chi connectivity index (χ0v) is 8.90. The maximum absolute atomic E-state index is 11.1. The van der Waals surface area contributed by atoms with Crippen LogP contribution >= 0.6 is 34.8 Å². The van der Waals surface area contributed by atoms with Crippen LogP contribution in [0.2, 0.25) is 0 Å². The number of halogens is 3. The Morgan fingerprint density at radius 2 is 2.07 bits per heavy atom. The van der Waals surface area contributed by atoms with Crippen molar-refractivity contribution in [3.8, 4) is 6.07 Å². The lowest BCUT2D eigenvalue weighted by Crippen LogP contribution is -2.41. The van der Waals surface area contributed by atoms with Crippen LogP contribution in [0.5, 0.6) is 0 Å². The number of carbonyl (C=O) groups excluding carboxylic acids is 2. The second-order valence-corrected chi connectivity index (χ2v) is 4.84. The van der Waals surface area contributed by atoms with Crippen LogP contribution in [0.15, 0.2) is 0 Å². The normalized spacial score (nSPS) is 19.9. The molecule has 1 rings (SSSR count). The van der Waals surface area contributed by atoms with Gasteiger partial charge in [0.2, 0.25) is 0 Å². The van der Waals surface area contributed by atoms with E-state index in [1.165, 1.54) is 0 Å². The Kier molecular flexibility index (Phi) is 3.10. The summed E-state index contributed by atoms with van der Waals surface area (Å²) in [6, 6.07) is 0.620. The highest BCUT2D eigenvalue weighted by Gasteiger charge is 2.41. The first-order valence-corrected chi connectivity index (χ1v) is 4.58. The lowest BCUT2D eigenvalue weighted by Gasteiger charge is -2.10. The minimum Gasteiger partial charge on any atom is -0.303 e. The number of hydrogen-bond acceptors (Lipinski definition) is 3. The molecule has 14 heavy (non-hydrogen) atoms. The first-order chi connectivity index (χ1) is 6.36. The van der Waals surface area contributed by atoms with Gasteiger partial charge in [-0.1, -0.05) is 34.8 Å². The predicted molar refractivity (Wildman–Crippen MR) is 49.9 cm³/mol. The third kappa shape index (κ3) is 2.64. The molecule has 0 spiro atoms. The number of nitriles is 1. The minimum atomic E-state index is -2.17. The number of carbonyl (C=O) groups is 2. The molecule has 1 fully saturated rings. The van der Waals surface area contributed by atoms with Crippen molar-refractivity contribution in [2.24, 2.45) is 0 Å². The van der Waals surface area contributed by atoms with Crippen LogP contribution in [0.1, 0.15) is 0 Å². The van der Waals surface area contributed by atoms with Gasteiger partial charge in [0, 0.05) is 0 Å². The molecule has 1 heterocycles. The number of nitrogens with zero attached hydrogens (tertiary/aromatic N) is 2. The minimum absolute atomic E-state index is 0.287. The number of rotatable bonds is 0. The van der Waals surface area contributed by atoms with Gasteiger partial charge in [-0.2, -0.15) is 5.26 Å². The maximum atomic E-state index is 11.1. The van der Waals surface area contributed by atoms with Gasteiger partial charge < -0.3 is 4.90 Å². The fraction of sp³-hybridized carbons (Fsp3) is 0.500. The molecule has 0 aliphatic carbocycles. The van der Waals surface area contributed by atoms with Gasteiger partial charge in [0.25, 0.3) is 9.70 Å². The van der Waals surface area contributed by atoms with E-state index in [0.717, 1.165) is 4.90 Å². The van der Waals surface area contributed by atoms with Crippen molar-refractivity contribution in [1.82, 2.24) is 10.2 Å². The monoisotopic (exact) mass is 255 g/mol. The molecule has 1 N–H and O–H groups in total.